The SMILES string of the molecule is COc1ccccc1NC(=O)c1cc(NCc2ccc(F)cc2)ccn1. The third-order valence-electron chi connectivity index (χ3n) is 3.76. The average Bonchev–Trinajstić information content (AvgIpc) is 2.68. The molecule has 132 valence electrons. The number of benzene rings is 2. The largest absolute Gasteiger partial charge is 0.495 e. The number of rotatable bonds is 6. The lowest BCUT2D eigenvalue weighted by atomic mass is 10.2. The van der Waals surface area contributed by atoms with E-state index in [4.69, 9.17) is 4.74 Å². The number of ether oxygens (including phenoxy) is 1. The normalized spacial score (nSPS) is 10.2. The fraction of sp³-hybridized carbons (Fsp3) is 0.100. The van der Waals surface area contributed by atoms with Gasteiger partial charge in [-0.2, -0.15) is 0 Å². The minimum Gasteiger partial charge on any atom is -0.495 e. The Morgan fingerprint density at radius 1 is 1.12 bits per heavy atom. The van der Waals surface area contributed by atoms with Crippen LogP contribution in [0.4, 0.5) is 15.8 Å². The third-order valence-corrected chi connectivity index (χ3v) is 3.76. The molecule has 1 aromatic heterocycles. The van der Waals surface area contributed by atoms with Crippen LogP contribution in [0.2, 0.25) is 0 Å². The predicted octanol–water partition coefficient (Wildman–Crippen LogP) is 4.09. The first-order chi connectivity index (χ1) is 12.7. The van der Waals surface area contributed by atoms with Crippen LogP contribution in [0, 0.1) is 5.82 Å². The van der Waals surface area contributed by atoms with Crippen molar-refractivity contribution in [3.63, 3.8) is 0 Å². The summed E-state index contributed by atoms with van der Waals surface area (Å²) in [5, 5.41) is 5.98. The number of hydrogen-bond acceptors (Lipinski definition) is 4. The Bertz CT molecular complexity index is 898. The first-order valence-electron chi connectivity index (χ1n) is 8.04. The Morgan fingerprint density at radius 3 is 2.65 bits per heavy atom. The van der Waals surface area contributed by atoms with Gasteiger partial charge in [0.25, 0.3) is 5.91 Å². The first kappa shape index (κ1) is 17.4. The Balaban J connectivity index is 1.68. The lowest BCUT2D eigenvalue weighted by Gasteiger charge is -2.11. The van der Waals surface area contributed by atoms with E-state index in [1.165, 1.54) is 12.1 Å². The van der Waals surface area contributed by atoms with E-state index in [-0.39, 0.29) is 17.4 Å². The zero-order chi connectivity index (χ0) is 18.4. The Morgan fingerprint density at radius 2 is 1.88 bits per heavy atom. The molecule has 3 aromatic rings. The van der Waals surface area contributed by atoms with Gasteiger partial charge in [-0.15, -0.1) is 0 Å². The van der Waals surface area contributed by atoms with Gasteiger partial charge in [0.2, 0.25) is 0 Å². The quantitative estimate of drug-likeness (QED) is 0.702. The van der Waals surface area contributed by atoms with Gasteiger partial charge in [0.05, 0.1) is 12.8 Å². The van der Waals surface area contributed by atoms with E-state index in [2.05, 4.69) is 15.6 Å². The third kappa shape index (κ3) is 4.36. The number of aromatic nitrogens is 1. The number of anilines is 2. The molecule has 0 saturated carbocycles. The number of hydrogen-bond donors (Lipinski definition) is 2. The fourth-order valence-electron chi connectivity index (χ4n) is 2.41. The van der Waals surface area contributed by atoms with Crippen LogP contribution >= 0.6 is 0 Å². The summed E-state index contributed by atoms with van der Waals surface area (Å²) in [6, 6.07) is 16.8. The van der Waals surface area contributed by atoms with E-state index < -0.39 is 0 Å². The summed E-state index contributed by atoms with van der Waals surface area (Å²) in [5.74, 6) is -0.0284. The second-order valence-corrected chi connectivity index (χ2v) is 5.56. The molecule has 0 radical (unpaired) electrons. The second kappa shape index (κ2) is 8.11. The highest BCUT2D eigenvalue weighted by Gasteiger charge is 2.11. The maximum absolute atomic E-state index is 12.9. The van der Waals surface area contributed by atoms with Crippen molar-refractivity contribution in [2.24, 2.45) is 0 Å². The molecule has 0 bridgehead atoms. The van der Waals surface area contributed by atoms with Crippen molar-refractivity contribution >= 4 is 17.3 Å². The summed E-state index contributed by atoms with van der Waals surface area (Å²) in [5.41, 5.74) is 2.53. The molecule has 0 saturated heterocycles. The Hall–Kier alpha value is -3.41. The topological polar surface area (TPSA) is 63.2 Å². The molecule has 0 aliphatic carbocycles. The van der Waals surface area contributed by atoms with Crippen molar-refractivity contribution < 1.29 is 13.9 Å². The molecule has 3 rings (SSSR count). The molecule has 0 atom stereocenters. The maximum Gasteiger partial charge on any atom is 0.274 e. The Kier molecular flexibility index (Phi) is 5.43. The van der Waals surface area contributed by atoms with Gasteiger partial charge in [-0.25, -0.2) is 4.39 Å². The van der Waals surface area contributed by atoms with Crippen molar-refractivity contribution in [1.29, 1.82) is 0 Å². The van der Waals surface area contributed by atoms with Gasteiger partial charge < -0.3 is 15.4 Å². The minimum atomic E-state index is -0.333. The highest BCUT2D eigenvalue weighted by Crippen LogP contribution is 2.23. The lowest BCUT2D eigenvalue weighted by Crippen LogP contribution is -2.14. The van der Waals surface area contributed by atoms with E-state index in [0.29, 0.717) is 18.0 Å². The summed E-state index contributed by atoms with van der Waals surface area (Å²) in [6.45, 7) is 0.512. The van der Waals surface area contributed by atoms with Gasteiger partial charge in [0, 0.05) is 18.4 Å². The molecule has 0 aliphatic heterocycles. The second-order valence-electron chi connectivity index (χ2n) is 5.56. The van der Waals surface area contributed by atoms with Crippen LogP contribution in [0.25, 0.3) is 0 Å². The highest BCUT2D eigenvalue weighted by molar-refractivity contribution is 6.04. The van der Waals surface area contributed by atoms with Crippen molar-refractivity contribution in [3.05, 3.63) is 83.9 Å². The van der Waals surface area contributed by atoms with Crippen LogP contribution in [0.3, 0.4) is 0 Å². The van der Waals surface area contributed by atoms with Gasteiger partial charge in [-0.05, 0) is 42.0 Å². The smallest absolute Gasteiger partial charge is 0.274 e. The number of nitrogens with one attached hydrogen (secondary N) is 2. The average molecular weight is 351 g/mol. The number of para-hydroxylation sites is 2. The molecular weight excluding hydrogens is 333 g/mol. The van der Waals surface area contributed by atoms with Gasteiger partial charge in [-0.3, -0.25) is 9.78 Å². The van der Waals surface area contributed by atoms with Gasteiger partial charge in [0.15, 0.2) is 0 Å². The molecule has 2 aromatic carbocycles. The van der Waals surface area contributed by atoms with Gasteiger partial charge in [-0.1, -0.05) is 24.3 Å². The zero-order valence-corrected chi connectivity index (χ0v) is 14.2. The summed E-state index contributed by atoms with van der Waals surface area (Å²) < 4.78 is 18.2. The standard InChI is InChI=1S/C20H18FN3O2/c1-26-19-5-3-2-4-17(19)24-20(25)18-12-16(10-11-22-18)23-13-14-6-8-15(21)9-7-14/h2-12H,13H2,1H3,(H,22,23)(H,24,25). The molecule has 0 spiro atoms. The molecule has 5 nitrogen and oxygen atoms in total. The predicted molar refractivity (Wildman–Crippen MR) is 98.9 cm³/mol. The number of carbonyl (C=O) groups excluding carboxylic acids is 1. The van der Waals surface area contributed by atoms with Gasteiger partial charge >= 0.3 is 0 Å². The number of nitrogens with zero attached hydrogens (tertiary/aromatic N) is 1. The number of amides is 1. The molecule has 1 heterocycles. The molecule has 0 fully saturated rings. The molecule has 0 aliphatic rings. The van der Waals surface area contributed by atoms with Crippen molar-refractivity contribution in [1.82, 2.24) is 4.98 Å². The molecule has 2 N–H and O–H groups in total. The van der Waals surface area contributed by atoms with Crippen molar-refractivity contribution in [2.45, 2.75) is 6.54 Å². The fourth-order valence-corrected chi connectivity index (χ4v) is 2.41. The van der Waals surface area contributed by atoms with Crippen LogP contribution < -0.4 is 15.4 Å². The molecule has 0 unspecified atom stereocenters. The maximum atomic E-state index is 12.9. The van der Waals surface area contributed by atoms with Crippen LogP contribution in [0.5, 0.6) is 5.75 Å². The van der Waals surface area contributed by atoms with Crippen LogP contribution in [0.15, 0.2) is 66.9 Å². The van der Waals surface area contributed by atoms with Crippen molar-refractivity contribution in [3.8, 4) is 5.75 Å². The molecule has 1 amide bonds. The monoisotopic (exact) mass is 351 g/mol. The van der Waals surface area contributed by atoms with E-state index in [9.17, 15) is 9.18 Å². The summed E-state index contributed by atoms with van der Waals surface area (Å²) in [7, 11) is 1.54. The van der Waals surface area contributed by atoms with Crippen LogP contribution in [0.1, 0.15) is 16.1 Å². The first-order valence-corrected chi connectivity index (χ1v) is 8.04. The van der Waals surface area contributed by atoms with Gasteiger partial charge in [0.1, 0.15) is 17.3 Å². The summed E-state index contributed by atoms with van der Waals surface area (Å²) >= 11 is 0. The van der Waals surface area contributed by atoms with E-state index in [1.807, 2.05) is 12.1 Å². The number of carbonyl (C=O) groups is 1. The Labute approximate surface area is 150 Å². The molecular formula is C20H18FN3O2. The molecule has 26 heavy (non-hydrogen) atoms. The summed E-state index contributed by atoms with van der Waals surface area (Å²) in [4.78, 5) is 16.6. The summed E-state index contributed by atoms with van der Waals surface area (Å²) in [6.07, 6.45) is 1.56. The number of pyridine rings is 1. The van der Waals surface area contributed by atoms with E-state index in [0.717, 1.165) is 11.3 Å². The van der Waals surface area contributed by atoms with E-state index in [1.54, 1.807) is 49.7 Å². The highest BCUT2D eigenvalue weighted by atomic mass is 19.1. The number of methoxy groups -OCH3 is 1. The zero-order valence-electron chi connectivity index (χ0n) is 14.2. The van der Waals surface area contributed by atoms with Crippen LogP contribution in [-0.2, 0) is 6.54 Å². The van der Waals surface area contributed by atoms with E-state index >= 15 is 0 Å². The van der Waals surface area contributed by atoms with Crippen LogP contribution in [-0.4, -0.2) is 18.0 Å². The number of halogens is 1. The molecule has 6 heteroatoms. The van der Waals surface area contributed by atoms with Crippen molar-refractivity contribution in [2.75, 3.05) is 17.7 Å². The lowest BCUT2D eigenvalue weighted by molar-refractivity contribution is 0.102. The minimum absolute atomic E-state index is 0.270.